The summed E-state index contributed by atoms with van der Waals surface area (Å²) in [7, 11) is 0. The molecule has 0 aromatic carbocycles. The zero-order chi connectivity index (χ0) is 16.2. The van der Waals surface area contributed by atoms with E-state index in [4.69, 9.17) is 5.73 Å². The van der Waals surface area contributed by atoms with Gasteiger partial charge in [0, 0.05) is 44.6 Å². The number of hydrogen-bond acceptors (Lipinski definition) is 4. The fourth-order valence-corrected chi connectivity index (χ4v) is 3.13. The average Bonchev–Trinajstić information content (AvgIpc) is 2.54. The summed E-state index contributed by atoms with van der Waals surface area (Å²) >= 11 is 0. The Labute approximate surface area is 145 Å². The molecule has 23 heavy (non-hydrogen) atoms. The van der Waals surface area contributed by atoms with E-state index < -0.39 is 5.54 Å². The van der Waals surface area contributed by atoms with Crippen molar-refractivity contribution in [2.45, 2.75) is 45.2 Å². The number of carbonyl (C=O) groups excluding carboxylic acids is 1. The Kier molecular flexibility index (Phi) is 7.45. The summed E-state index contributed by atoms with van der Waals surface area (Å²) < 4.78 is 0. The van der Waals surface area contributed by atoms with Crippen molar-refractivity contribution >= 4 is 18.3 Å². The van der Waals surface area contributed by atoms with Gasteiger partial charge in [-0.2, -0.15) is 0 Å². The van der Waals surface area contributed by atoms with Gasteiger partial charge in [-0.15, -0.1) is 12.4 Å². The molecule has 0 spiro atoms. The highest BCUT2D eigenvalue weighted by molar-refractivity contribution is 5.86. The number of carbonyl (C=O) groups is 1. The molecule has 2 atom stereocenters. The quantitative estimate of drug-likeness (QED) is 0.892. The second kappa shape index (κ2) is 8.62. The molecule has 2 heterocycles. The van der Waals surface area contributed by atoms with Crippen LogP contribution < -0.4 is 5.73 Å². The van der Waals surface area contributed by atoms with E-state index in [1.54, 1.807) is 6.20 Å². The van der Waals surface area contributed by atoms with Crippen LogP contribution in [0.2, 0.25) is 0 Å². The summed E-state index contributed by atoms with van der Waals surface area (Å²) in [5.74, 6) is 0.0861. The van der Waals surface area contributed by atoms with Crippen LogP contribution >= 0.6 is 12.4 Å². The van der Waals surface area contributed by atoms with Gasteiger partial charge in [0.1, 0.15) is 0 Å². The summed E-state index contributed by atoms with van der Waals surface area (Å²) in [6.07, 6.45) is 5.37. The van der Waals surface area contributed by atoms with Gasteiger partial charge in [0.05, 0.1) is 5.54 Å². The largest absolute Gasteiger partial charge is 0.339 e. The molecule has 2 rings (SSSR count). The van der Waals surface area contributed by atoms with E-state index in [9.17, 15) is 4.79 Å². The summed E-state index contributed by atoms with van der Waals surface area (Å²) in [5.41, 5.74) is 6.66. The van der Waals surface area contributed by atoms with Gasteiger partial charge in [-0.1, -0.05) is 19.4 Å². The minimum absolute atomic E-state index is 0. The molecule has 1 aromatic rings. The second-order valence-corrected chi connectivity index (χ2v) is 6.46. The molecule has 1 aliphatic rings. The number of nitrogens with zero attached hydrogens (tertiary/aromatic N) is 3. The van der Waals surface area contributed by atoms with Crippen molar-refractivity contribution in [2.24, 2.45) is 5.73 Å². The van der Waals surface area contributed by atoms with Crippen LogP contribution in [0.25, 0.3) is 0 Å². The Morgan fingerprint density at radius 3 is 2.57 bits per heavy atom. The third kappa shape index (κ3) is 4.90. The molecule has 5 nitrogen and oxygen atoms in total. The van der Waals surface area contributed by atoms with Gasteiger partial charge in [-0.3, -0.25) is 14.7 Å². The molecule has 1 fully saturated rings. The van der Waals surface area contributed by atoms with Crippen LogP contribution in [0.5, 0.6) is 0 Å². The van der Waals surface area contributed by atoms with E-state index in [1.807, 2.05) is 24.1 Å². The Morgan fingerprint density at radius 1 is 1.39 bits per heavy atom. The topological polar surface area (TPSA) is 62.5 Å². The van der Waals surface area contributed by atoms with E-state index >= 15 is 0 Å². The lowest BCUT2D eigenvalue weighted by molar-refractivity contribution is -0.138. The van der Waals surface area contributed by atoms with E-state index in [1.165, 1.54) is 5.56 Å². The number of rotatable bonds is 5. The number of piperazine rings is 1. The summed E-state index contributed by atoms with van der Waals surface area (Å²) in [6, 6.07) is 4.40. The summed E-state index contributed by atoms with van der Waals surface area (Å²) in [6.45, 7) is 9.36. The van der Waals surface area contributed by atoms with Crippen LogP contribution in [-0.2, 0) is 4.79 Å². The Bertz CT molecular complexity index is 487. The number of aromatic nitrogens is 1. The van der Waals surface area contributed by atoms with Gasteiger partial charge in [0.15, 0.2) is 0 Å². The van der Waals surface area contributed by atoms with E-state index in [0.29, 0.717) is 6.04 Å². The molecule has 0 bridgehead atoms. The molecule has 0 saturated carbocycles. The molecule has 2 unspecified atom stereocenters. The molecule has 6 heteroatoms. The number of pyridine rings is 1. The predicted molar refractivity (Wildman–Crippen MR) is 95.6 cm³/mol. The zero-order valence-electron chi connectivity index (χ0n) is 14.4. The maximum absolute atomic E-state index is 12.5. The summed E-state index contributed by atoms with van der Waals surface area (Å²) in [5, 5.41) is 0. The highest BCUT2D eigenvalue weighted by atomic mass is 35.5. The van der Waals surface area contributed by atoms with Gasteiger partial charge < -0.3 is 10.6 Å². The smallest absolute Gasteiger partial charge is 0.242 e. The van der Waals surface area contributed by atoms with Crippen molar-refractivity contribution in [3.05, 3.63) is 30.1 Å². The minimum Gasteiger partial charge on any atom is -0.339 e. The van der Waals surface area contributed by atoms with Crippen LogP contribution in [0.4, 0.5) is 0 Å². The number of nitrogens with two attached hydrogens (primary N) is 1. The van der Waals surface area contributed by atoms with E-state index in [-0.39, 0.29) is 18.3 Å². The normalized spacial score (nSPS) is 19.6. The predicted octanol–water partition coefficient (Wildman–Crippen LogP) is 2.23. The van der Waals surface area contributed by atoms with Gasteiger partial charge in [-0.05, 0) is 31.9 Å². The highest BCUT2D eigenvalue weighted by Crippen LogP contribution is 2.22. The number of amides is 1. The third-order valence-electron chi connectivity index (χ3n) is 4.57. The van der Waals surface area contributed by atoms with Crippen molar-refractivity contribution in [1.82, 2.24) is 14.8 Å². The maximum atomic E-state index is 12.5. The van der Waals surface area contributed by atoms with E-state index in [2.05, 4.69) is 29.8 Å². The van der Waals surface area contributed by atoms with Crippen LogP contribution in [0.3, 0.4) is 0 Å². The molecule has 2 N–H and O–H groups in total. The lowest BCUT2D eigenvalue weighted by Gasteiger charge is -2.40. The van der Waals surface area contributed by atoms with E-state index in [0.717, 1.165) is 39.0 Å². The Hall–Kier alpha value is -1.17. The van der Waals surface area contributed by atoms with Crippen molar-refractivity contribution < 1.29 is 4.79 Å². The molecule has 0 aliphatic carbocycles. The Morgan fingerprint density at radius 2 is 2.04 bits per heavy atom. The first-order chi connectivity index (χ1) is 10.5. The third-order valence-corrected chi connectivity index (χ3v) is 4.57. The number of halogens is 1. The van der Waals surface area contributed by atoms with Crippen molar-refractivity contribution in [1.29, 1.82) is 0 Å². The van der Waals surface area contributed by atoms with Crippen LogP contribution in [0.15, 0.2) is 24.5 Å². The average molecular weight is 341 g/mol. The molecule has 1 aliphatic heterocycles. The fraction of sp³-hybridized carbons (Fsp3) is 0.647. The van der Waals surface area contributed by atoms with Crippen molar-refractivity contribution in [2.75, 3.05) is 26.2 Å². The molecule has 0 radical (unpaired) electrons. The molecular weight excluding hydrogens is 312 g/mol. The molecular formula is C17H29ClN4O. The molecule has 1 saturated heterocycles. The fourth-order valence-electron chi connectivity index (χ4n) is 3.13. The number of hydrogen-bond donors (Lipinski definition) is 1. The first kappa shape index (κ1) is 19.9. The Balaban J connectivity index is 0.00000264. The maximum Gasteiger partial charge on any atom is 0.242 e. The zero-order valence-corrected chi connectivity index (χ0v) is 15.2. The van der Waals surface area contributed by atoms with Crippen molar-refractivity contribution in [3.8, 4) is 0 Å². The lowest BCUT2D eigenvalue weighted by Crippen LogP contribution is -2.58. The monoisotopic (exact) mass is 340 g/mol. The van der Waals surface area contributed by atoms with Crippen LogP contribution in [-0.4, -0.2) is 52.4 Å². The van der Waals surface area contributed by atoms with Crippen molar-refractivity contribution in [3.63, 3.8) is 0 Å². The first-order valence-electron chi connectivity index (χ1n) is 8.18. The van der Waals surface area contributed by atoms with Gasteiger partial charge >= 0.3 is 0 Å². The van der Waals surface area contributed by atoms with Gasteiger partial charge in [-0.25, -0.2) is 0 Å². The van der Waals surface area contributed by atoms with Gasteiger partial charge in [0.2, 0.25) is 5.91 Å². The minimum atomic E-state index is -0.730. The molecule has 1 amide bonds. The van der Waals surface area contributed by atoms with Gasteiger partial charge in [0.25, 0.3) is 0 Å². The van der Waals surface area contributed by atoms with Crippen LogP contribution in [0.1, 0.15) is 45.2 Å². The standard InChI is InChI=1S/C17H28N4O.ClH/c1-4-7-17(3,18)16(22)21-11-9-20(10-12-21)14(2)15-6-5-8-19-13-15;/h5-6,8,13-14H,4,7,9-12,18H2,1-3H3;1H. The second-order valence-electron chi connectivity index (χ2n) is 6.46. The first-order valence-corrected chi connectivity index (χ1v) is 8.18. The highest BCUT2D eigenvalue weighted by Gasteiger charge is 2.34. The van der Waals surface area contributed by atoms with Crippen LogP contribution in [0, 0.1) is 0 Å². The molecule has 130 valence electrons. The summed E-state index contributed by atoms with van der Waals surface area (Å²) in [4.78, 5) is 21.0. The SMILES string of the molecule is CCCC(C)(N)C(=O)N1CCN(C(C)c2cccnc2)CC1.Cl. The lowest BCUT2D eigenvalue weighted by atomic mass is 9.95. The molecule has 1 aromatic heterocycles.